The molecule has 1 aromatic rings. The average molecular weight is 323 g/mol. The number of carbonyl (C=O) groups is 1. The molecular weight excluding hydrogens is 298 g/mol. The number of benzene rings is 1. The number of carbonyl (C=O) groups excluding carboxylic acids is 1. The number of nitrogens with one attached hydrogen (secondary N) is 3. The first kappa shape index (κ1) is 18.2. The minimum absolute atomic E-state index is 0.428. The lowest BCUT2D eigenvalue weighted by Gasteiger charge is -2.19. The van der Waals surface area contributed by atoms with Gasteiger partial charge in [-0.25, -0.2) is 4.79 Å². The molecule has 0 fully saturated rings. The van der Waals surface area contributed by atoms with Crippen LogP contribution in [-0.2, 0) is 4.74 Å². The van der Waals surface area contributed by atoms with Crippen molar-refractivity contribution in [1.82, 2.24) is 10.6 Å². The van der Waals surface area contributed by atoms with E-state index in [2.05, 4.69) is 22.0 Å². The molecule has 0 unspecified atom stereocenters. The summed E-state index contributed by atoms with van der Waals surface area (Å²) in [7, 11) is 0. The van der Waals surface area contributed by atoms with Crippen molar-refractivity contribution >= 4 is 29.1 Å². The lowest BCUT2D eigenvalue weighted by Crippen LogP contribution is -2.39. The topological polar surface area (TPSA) is 62.4 Å². The zero-order valence-electron chi connectivity index (χ0n) is 13.9. The molecule has 0 bridgehead atoms. The molecule has 22 heavy (non-hydrogen) atoms. The van der Waals surface area contributed by atoms with Gasteiger partial charge < -0.3 is 20.7 Å². The van der Waals surface area contributed by atoms with Crippen LogP contribution in [0, 0.1) is 13.8 Å². The van der Waals surface area contributed by atoms with Gasteiger partial charge in [-0.15, -0.1) is 0 Å². The van der Waals surface area contributed by atoms with Crippen LogP contribution in [-0.4, -0.2) is 29.9 Å². The van der Waals surface area contributed by atoms with Gasteiger partial charge in [-0.3, -0.25) is 0 Å². The number of amides is 1. The quantitative estimate of drug-likeness (QED) is 0.587. The van der Waals surface area contributed by atoms with E-state index in [0.717, 1.165) is 5.69 Å². The average Bonchev–Trinajstić information content (AvgIpc) is 2.31. The van der Waals surface area contributed by atoms with Crippen LogP contribution >= 0.6 is 12.2 Å². The van der Waals surface area contributed by atoms with Crippen molar-refractivity contribution in [2.24, 2.45) is 0 Å². The van der Waals surface area contributed by atoms with Crippen molar-refractivity contribution in [3.8, 4) is 0 Å². The number of rotatable bonds is 4. The predicted octanol–water partition coefficient (Wildman–Crippen LogP) is 3.11. The standard InChI is InChI=1S/C16H25N3O2S/c1-11-8-12(2)10-13(9-11)19-14(22)17-6-7-18-15(20)21-16(3,4)5/h8-10H,6-7H2,1-5H3,(H,18,20)(H2,17,19,22). The number of thiocarbonyl (C=S) groups is 1. The van der Waals surface area contributed by atoms with Crippen molar-refractivity contribution in [2.75, 3.05) is 18.4 Å². The van der Waals surface area contributed by atoms with E-state index in [1.165, 1.54) is 11.1 Å². The highest BCUT2D eigenvalue weighted by Crippen LogP contribution is 2.13. The third-order valence-electron chi connectivity index (χ3n) is 2.56. The minimum Gasteiger partial charge on any atom is -0.444 e. The molecule has 0 atom stereocenters. The fraction of sp³-hybridized carbons (Fsp3) is 0.500. The highest BCUT2D eigenvalue weighted by atomic mass is 32.1. The van der Waals surface area contributed by atoms with Gasteiger partial charge in [0.1, 0.15) is 5.60 Å². The Bertz CT molecular complexity index is 518. The maximum Gasteiger partial charge on any atom is 0.407 e. The Morgan fingerprint density at radius 1 is 1.09 bits per heavy atom. The van der Waals surface area contributed by atoms with Crippen molar-refractivity contribution in [3.05, 3.63) is 29.3 Å². The second-order valence-electron chi connectivity index (χ2n) is 6.19. The first-order chi connectivity index (χ1) is 10.2. The van der Waals surface area contributed by atoms with E-state index in [1.807, 2.05) is 46.8 Å². The summed E-state index contributed by atoms with van der Waals surface area (Å²) in [5, 5.41) is 9.35. The molecule has 1 aromatic carbocycles. The second kappa shape index (κ2) is 7.98. The van der Waals surface area contributed by atoms with E-state index in [9.17, 15) is 4.79 Å². The fourth-order valence-corrected chi connectivity index (χ4v) is 2.10. The lowest BCUT2D eigenvalue weighted by molar-refractivity contribution is 0.0529. The zero-order chi connectivity index (χ0) is 16.8. The van der Waals surface area contributed by atoms with Crippen LogP contribution in [0.25, 0.3) is 0 Å². The second-order valence-corrected chi connectivity index (χ2v) is 6.59. The van der Waals surface area contributed by atoms with E-state index in [4.69, 9.17) is 17.0 Å². The molecule has 1 amide bonds. The molecule has 6 heteroatoms. The fourth-order valence-electron chi connectivity index (χ4n) is 1.88. The van der Waals surface area contributed by atoms with E-state index in [-0.39, 0.29) is 0 Å². The highest BCUT2D eigenvalue weighted by Gasteiger charge is 2.15. The molecule has 0 spiro atoms. The molecule has 0 aliphatic heterocycles. The number of alkyl carbamates (subject to hydrolysis) is 1. The van der Waals surface area contributed by atoms with Crippen molar-refractivity contribution < 1.29 is 9.53 Å². The Morgan fingerprint density at radius 2 is 1.64 bits per heavy atom. The van der Waals surface area contributed by atoms with Crippen LogP contribution < -0.4 is 16.0 Å². The van der Waals surface area contributed by atoms with Crippen LogP contribution in [0.2, 0.25) is 0 Å². The van der Waals surface area contributed by atoms with Gasteiger partial charge in [0.25, 0.3) is 0 Å². The number of ether oxygens (including phenoxy) is 1. The van der Waals surface area contributed by atoms with Crippen molar-refractivity contribution in [3.63, 3.8) is 0 Å². The molecular formula is C16H25N3O2S. The molecule has 0 heterocycles. The number of anilines is 1. The van der Waals surface area contributed by atoms with Crippen LogP contribution in [0.5, 0.6) is 0 Å². The Morgan fingerprint density at radius 3 is 2.18 bits per heavy atom. The Kier molecular flexibility index (Phi) is 6.61. The van der Waals surface area contributed by atoms with Crippen LogP contribution in [0.1, 0.15) is 31.9 Å². The first-order valence-electron chi connectivity index (χ1n) is 7.26. The number of aryl methyl sites for hydroxylation is 2. The Balaban J connectivity index is 2.28. The van der Waals surface area contributed by atoms with E-state index in [1.54, 1.807) is 0 Å². The molecule has 0 aliphatic carbocycles. The first-order valence-corrected chi connectivity index (χ1v) is 7.66. The van der Waals surface area contributed by atoms with E-state index >= 15 is 0 Å². The summed E-state index contributed by atoms with van der Waals surface area (Å²) >= 11 is 5.22. The van der Waals surface area contributed by atoms with Gasteiger partial charge in [0.05, 0.1) is 0 Å². The van der Waals surface area contributed by atoms with Crippen LogP contribution in [0.3, 0.4) is 0 Å². The van der Waals surface area contributed by atoms with Crippen molar-refractivity contribution in [1.29, 1.82) is 0 Å². The van der Waals surface area contributed by atoms with Gasteiger partial charge in [0.15, 0.2) is 5.11 Å². The molecule has 0 radical (unpaired) electrons. The summed E-state index contributed by atoms with van der Waals surface area (Å²) in [6.45, 7) is 10.5. The molecule has 0 saturated carbocycles. The third kappa shape index (κ3) is 7.83. The summed E-state index contributed by atoms with van der Waals surface area (Å²) in [6.07, 6.45) is -0.428. The molecule has 3 N–H and O–H groups in total. The summed E-state index contributed by atoms with van der Waals surface area (Å²) in [6, 6.07) is 6.16. The minimum atomic E-state index is -0.489. The summed E-state index contributed by atoms with van der Waals surface area (Å²) in [4.78, 5) is 11.5. The maximum absolute atomic E-state index is 11.5. The zero-order valence-corrected chi connectivity index (χ0v) is 14.7. The smallest absolute Gasteiger partial charge is 0.407 e. The normalized spacial score (nSPS) is 10.8. The largest absolute Gasteiger partial charge is 0.444 e. The van der Waals surface area contributed by atoms with E-state index in [0.29, 0.717) is 18.2 Å². The monoisotopic (exact) mass is 323 g/mol. The molecule has 0 aliphatic rings. The molecule has 122 valence electrons. The summed E-state index contributed by atoms with van der Waals surface area (Å²) in [5.41, 5.74) is 2.82. The highest BCUT2D eigenvalue weighted by molar-refractivity contribution is 7.80. The molecule has 5 nitrogen and oxygen atoms in total. The van der Waals surface area contributed by atoms with Crippen LogP contribution in [0.15, 0.2) is 18.2 Å². The lowest BCUT2D eigenvalue weighted by atomic mass is 10.1. The van der Waals surface area contributed by atoms with Gasteiger partial charge >= 0.3 is 6.09 Å². The third-order valence-corrected chi connectivity index (χ3v) is 2.80. The summed E-state index contributed by atoms with van der Waals surface area (Å²) < 4.78 is 5.14. The van der Waals surface area contributed by atoms with Gasteiger partial charge in [0.2, 0.25) is 0 Å². The molecule has 1 rings (SSSR count). The van der Waals surface area contributed by atoms with E-state index < -0.39 is 11.7 Å². The SMILES string of the molecule is Cc1cc(C)cc(NC(=S)NCCNC(=O)OC(C)(C)C)c1. The van der Waals surface area contributed by atoms with Crippen molar-refractivity contribution in [2.45, 2.75) is 40.2 Å². The molecule has 0 aromatic heterocycles. The van der Waals surface area contributed by atoms with Gasteiger partial charge in [-0.05, 0) is 70.1 Å². The number of hydrogen-bond donors (Lipinski definition) is 3. The Hall–Kier alpha value is -1.82. The molecule has 0 saturated heterocycles. The maximum atomic E-state index is 11.5. The van der Waals surface area contributed by atoms with Gasteiger partial charge in [0, 0.05) is 18.8 Å². The number of hydrogen-bond acceptors (Lipinski definition) is 3. The summed E-state index contributed by atoms with van der Waals surface area (Å²) in [5.74, 6) is 0. The predicted molar refractivity (Wildman–Crippen MR) is 94.4 cm³/mol. The Labute approximate surface area is 137 Å². The van der Waals surface area contributed by atoms with Gasteiger partial charge in [-0.1, -0.05) is 6.07 Å². The van der Waals surface area contributed by atoms with Gasteiger partial charge in [-0.2, -0.15) is 0 Å². The van der Waals surface area contributed by atoms with Crippen LogP contribution in [0.4, 0.5) is 10.5 Å².